The van der Waals surface area contributed by atoms with Crippen LogP contribution >= 0.6 is 0 Å². The van der Waals surface area contributed by atoms with Crippen molar-refractivity contribution < 1.29 is 9.90 Å². The molecule has 1 aromatic rings. The number of hydrogen-bond donors (Lipinski definition) is 2. The quantitative estimate of drug-likeness (QED) is 0.770. The first-order valence-electron chi connectivity index (χ1n) is 4.46. The number of anilines is 1. The molecule has 0 aliphatic carbocycles. The van der Waals surface area contributed by atoms with E-state index in [4.69, 9.17) is 10.4 Å². The summed E-state index contributed by atoms with van der Waals surface area (Å²) < 4.78 is 0. The Morgan fingerprint density at radius 2 is 2.40 bits per heavy atom. The molecule has 0 aliphatic heterocycles. The normalized spacial score (nSPS) is 9.33. The van der Waals surface area contributed by atoms with Gasteiger partial charge >= 0.3 is 5.97 Å². The minimum absolute atomic E-state index is 0.0449. The molecule has 0 fully saturated rings. The molecule has 2 N–H and O–H groups in total. The zero-order valence-electron chi connectivity index (χ0n) is 8.32. The van der Waals surface area contributed by atoms with Gasteiger partial charge in [0.25, 0.3) is 0 Å². The Labute approximate surface area is 87.4 Å². The van der Waals surface area contributed by atoms with E-state index < -0.39 is 5.97 Å². The fourth-order valence-electron chi connectivity index (χ4n) is 1.14. The molecule has 1 rings (SSSR count). The number of aliphatic carboxylic acids is 1. The molecule has 0 saturated heterocycles. The summed E-state index contributed by atoms with van der Waals surface area (Å²) in [4.78, 5) is 14.3. The van der Waals surface area contributed by atoms with E-state index in [9.17, 15) is 4.79 Å². The van der Waals surface area contributed by atoms with Crippen LogP contribution in [0.15, 0.2) is 12.1 Å². The molecule has 1 heterocycles. The van der Waals surface area contributed by atoms with Crippen molar-refractivity contribution in [1.29, 1.82) is 5.26 Å². The largest absolute Gasteiger partial charge is 0.481 e. The number of carboxylic acids is 1. The van der Waals surface area contributed by atoms with E-state index in [1.54, 1.807) is 19.1 Å². The highest BCUT2D eigenvalue weighted by atomic mass is 16.4. The zero-order valence-corrected chi connectivity index (χ0v) is 8.32. The molecule has 0 spiro atoms. The molecule has 0 aliphatic rings. The molecule has 5 nitrogen and oxygen atoms in total. The van der Waals surface area contributed by atoms with Gasteiger partial charge in [0.15, 0.2) is 0 Å². The maximum absolute atomic E-state index is 10.3. The fraction of sp³-hybridized carbons (Fsp3) is 0.300. The van der Waals surface area contributed by atoms with Crippen LogP contribution in [-0.4, -0.2) is 22.6 Å². The first kappa shape index (κ1) is 11.0. The second-order valence-corrected chi connectivity index (χ2v) is 3.06. The number of hydrogen-bond acceptors (Lipinski definition) is 4. The molecule has 78 valence electrons. The smallest absolute Gasteiger partial charge is 0.305 e. The molecule has 0 amide bonds. The molecule has 0 bridgehead atoms. The van der Waals surface area contributed by atoms with Gasteiger partial charge in [-0.25, -0.2) is 4.98 Å². The lowest BCUT2D eigenvalue weighted by Gasteiger charge is -2.05. The van der Waals surface area contributed by atoms with E-state index in [0.29, 0.717) is 12.2 Å². The first-order chi connectivity index (χ1) is 7.11. The van der Waals surface area contributed by atoms with Crippen molar-refractivity contribution in [3.8, 4) is 6.07 Å². The number of carbonyl (C=O) groups is 1. The van der Waals surface area contributed by atoms with Gasteiger partial charge in [-0.2, -0.15) is 5.26 Å². The van der Waals surface area contributed by atoms with E-state index in [1.165, 1.54) is 0 Å². The predicted octanol–water partition coefficient (Wildman–Crippen LogP) is 1.15. The van der Waals surface area contributed by atoms with Gasteiger partial charge in [0.2, 0.25) is 0 Å². The van der Waals surface area contributed by atoms with E-state index in [0.717, 1.165) is 11.4 Å². The summed E-state index contributed by atoms with van der Waals surface area (Å²) in [5, 5.41) is 20.0. The van der Waals surface area contributed by atoms with Crippen LogP contribution in [-0.2, 0) is 4.79 Å². The number of carboxylic acid groups (broad SMARTS) is 1. The van der Waals surface area contributed by atoms with Crippen LogP contribution in [0.5, 0.6) is 0 Å². The summed E-state index contributed by atoms with van der Waals surface area (Å²) >= 11 is 0. The lowest BCUT2D eigenvalue weighted by atomic mass is 10.2. The van der Waals surface area contributed by atoms with Crippen molar-refractivity contribution in [3.63, 3.8) is 0 Å². The molecule has 5 heteroatoms. The second kappa shape index (κ2) is 4.96. The van der Waals surface area contributed by atoms with E-state index in [-0.39, 0.29) is 6.42 Å². The molecule has 0 radical (unpaired) electrons. The lowest BCUT2D eigenvalue weighted by molar-refractivity contribution is -0.136. The number of pyridine rings is 1. The summed E-state index contributed by atoms with van der Waals surface area (Å²) in [6.07, 6.45) is 0.0449. The van der Waals surface area contributed by atoms with E-state index in [2.05, 4.69) is 10.3 Å². The average Bonchev–Trinajstić information content (AvgIpc) is 2.16. The third-order valence-electron chi connectivity index (χ3n) is 1.74. The minimum Gasteiger partial charge on any atom is -0.481 e. The zero-order chi connectivity index (χ0) is 11.3. The molecule has 0 atom stereocenters. The lowest BCUT2D eigenvalue weighted by Crippen LogP contribution is -2.08. The fourth-order valence-corrected chi connectivity index (χ4v) is 1.14. The van der Waals surface area contributed by atoms with Gasteiger partial charge in [0.05, 0.1) is 6.42 Å². The molecule has 0 unspecified atom stereocenters. The molecule has 15 heavy (non-hydrogen) atoms. The van der Waals surface area contributed by atoms with Crippen LogP contribution in [0.3, 0.4) is 0 Å². The molecule has 0 aromatic carbocycles. The number of nitrogens with one attached hydrogen (secondary N) is 1. The van der Waals surface area contributed by atoms with Gasteiger partial charge in [0, 0.05) is 17.9 Å². The highest BCUT2D eigenvalue weighted by Gasteiger charge is 2.00. The maximum Gasteiger partial charge on any atom is 0.305 e. The topological polar surface area (TPSA) is 86.0 Å². The third kappa shape index (κ3) is 3.65. The maximum atomic E-state index is 10.3. The second-order valence-electron chi connectivity index (χ2n) is 3.06. The van der Waals surface area contributed by atoms with Crippen molar-refractivity contribution in [2.45, 2.75) is 13.3 Å². The summed E-state index contributed by atoms with van der Waals surface area (Å²) in [7, 11) is 0. The number of aryl methyl sites for hydroxylation is 1. The monoisotopic (exact) mass is 205 g/mol. The van der Waals surface area contributed by atoms with Crippen LogP contribution in [0.25, 0.3) is 0 Å². The van der Waals surface area contributed by atoms with Gasteiger partial charge < -0.3 is 10.4 Å². The Morgan fingerprint density at radius 1 is 1.67 bits per heavy atom. The molecule has 0 saturated carbocycles. The highest BCUT2D eigenvalue weighted by Crippen LogP contribution is 2.10. The van der Waals surface area contributed by atoms with Crippen LogP contribution in [0, 0.1) is 18.3 Å². The molecular formula is C10H11N3O2. The van der Waals surface area contributed by atoms with Crippen molar-refractivity contribution in [1.82, 2.24) is 4.98 Å². The SMILES string of the molecule is Cc1cc(NCCC(=O)O)cc(C#N)n1. The standard InChI is InChI=1S/C10H11N3O2/c1-7-4-8(5-9(6-11)13-7)12-3-2-10(14)15/h4-5H,2-3H2,1H3,(H,12,13)(H,14,15). The number of nitrogens with zero attached hydrogens (tertiary/aromatic N) is 2. The summed E-state index contributed by atoms with van der Waals surface area (Å²) in [5.41, 5.74) is 1.78. The molecular weight excluding hydrogens is 194 g/mol. The van der Waals surface area contributed by atoms with Gasteiger partial charge in [-0.1, -0.05) is 0 Å². The summed E-state index contributed by atoms with van der Waals surface area (Å²) in [5.74, 6) is -0.853. The van der Waals surface area contributed by atoms with Crippen molar-refractivity contribution in [2.75, 3.05) is 11.9 Å². The molecule has 1 aromatic heterocycles. The minimum atomic E-state index is -0.853. The van der Waals surface area contributed by atoms with Crippen LogP contribution in [0.4, 0.5) is 5.69 Å². The van der Waals surface area contributed by atoms with Crippen molar-refractivity contribution in [3.05, 3.63) is 23.5 Å². The van der Waals surface area contributed by atoms with Crippen LogP contribution < -0.4 is 5.32 Å². The Balaban J connectivity index is 2.65. The number of nitriles is 1. The van der Waals surface area contributed by atoms with Crippen LogP contribution in [0.1, 0.15) is 17.8 Å². The average molecular weight is 205 g/mol. The van der Waals surface area contributed by atoms with E-state index in [1.807, 2.05) is 6.07 Å². The van der Waals surface area contributed by atoms with Crippen LogP contribution in [0.2, 0.25) is 0 Å². The Kier molecular flexibility index (Phi) is 3.63. The predicted molar refractivity (Wildman–Crippen MR) is 54.4 cm³/mol. The number of rotatable bonds is 4. The first-order valence-corrected chi connectivity index (χ1v) is 4.46. The van der Waals surface area contributed by atoms with Crippen molar-refractivity contribution in [2.24, 2.45) is 0 Å². The number of aromatic nitrogens is 1. The summed E-state index contributed by atoms with van der Waals surface area (Å²) in [6.45, 7) is 2.12. The Morgan fingerprint density at radius 3 is 3.00 bits per heavy atom. The third-order valence-corrected chi connectivity index (χ3v) is 1.74. The highest BCUT2D eigenvalue weighted by molar-refractivity contribution is 5.67. The van der Waals surface area contributed by atoms with Crippen molar-refractivity contribution >= 4 is 11.7 Å². The Bertz CT molecular complexity index is 410. The van der Waals surface area contributed by atoms with E-state index >= 15 is 0 Å². The van der Waals surface area contributed by atoms with Gasteiger partial charge in [-0.3, -0.25) is 4.79 Å². The van der Waals surface area contributed by atoms with Gasteiger partial charge in [-0.05, 0) is 19.1 Å². The Hall–Kier alpha value is -2.09. The van der Waals surface area contributed by atoms with Gasteiger partial charge in [-0.15, -0.1) is 0 Å². The van der Waals surface area contributed by atoms with Gasteiger partial charge in [0.1, 0.15) is 11.8 Å². The summed E-state index contributed by atoms with van der Waals surface area (Å²) in [6, 6.07) is 5.30.